The van der Waals surface area contributed by atoms with Gasteiger partial charge in [0, 0.05) is 30.1 Å². The van der Waals surface area contributed by atoms with E-state index in [0.29, 0.717) is 5.69 Å². The van der Waals surface area contributed by atoms with E-state index in [4.69, 9.17) is 5.73 Å². The van der Waals surface area contributed by atoms with Crippen LogP contribution in [-0.4, -0.2) is 52.8 Å². The summed E-state index contributed by atoms with van der Waals surface area (Å²) in [7, 11) is -3.79. The van der Waals surface area contributed by atoms with Crippen LogP contribution in [0, 0.1) is 6.92 Å². The Morgan fingerprint density at radius 3 is 2.48 bits per heavy atom. The quantitative estimate of drug-likeness (QED) is 0.420. The molecule has 3 rings (SSSR count). The second kappa shape index (κ2) is 8.32. The van der Waals surface area contributed by atoms with Crippen LogP contribution in [0.5, 0.6) is 0 Å². The first kappa shape index (κ1) is 22.2. The largest absolute Gasteiger partial charge is 0.364 e. The molecule has 0 aliphatic heterocycles. The van der Waals surface area contributed by atoms with Crippen molar-refractivity contribution in [3.63, 3.8) is 0 Å². The molecule has 164 valence electrons. The van der Waals surface area contributed by atoms with Crippen molar-refractivity contribution in [2.45, 2.75) is 25.7 Å². The van der Waals surface area contributed by atoms with Gasteiger partial charge in [0.05, 0.1) is 21.8 Å². The van der Waals surface area contributed by atoms with Crippen molar-refractivity contribution in [1.82, 2.24) is 19.5 Å². The molecule has 31 heavy (non-hydrogen) atoms. The van der Waals surface area contributed by atoms with Gasteiger partial charge in [0.2, 0.25) is 15.6 Å². The third kappa shape index (κ3) is 4.07. The zero-order valence-electron chi connectivity index (χ0n) is 17.1. The minimum Gasteiger partial charge on any atom is -0.364 e. The monoisotopic (exact) mass is 446 g/mol. The Bertz CT molecular complexity index is 1340. The molecule has 0 saturated carbocycles. The molecule has 12 heteroatoms. The van der Waals surface area contributed by atoms with Crippen LogP contribution in [-0.2, 0) is 10.0 Å². The molecule has 0 atom stereocenters. The summed E-state index contributed by atoms with van der Waals surface area (Å²) in [4.78, 5) is 39.2. The van der Waals surface area contributed by atoms with E-state index in [1.807, 2.05) is 0 Å². The maximum absolute atomic E-state index is 13.0. The van der Waals surface area contributed by atoms with Gasteiger partial charge in [-0.1, -0.05) is 13.8 Å². The summed E-state index contributed by atoms with van der Waals surface area (Å²) in [6, 6.07) is 5.21. The Morgan fingerprint density at radius 1 is 1.19 bits per heavy atom. The second-order valence-electron chi connectivity index (χ2n) is 6.73. The highest BCUT2D eigenvalue weighted by Crippen LogP contribution is 2.24. The zero-order chi connectivity index (χ0) is 22.9. The molecule has 0 saturated heterocycles. The van der Waals surface area contributed by atoms with Crippen molar-refractivity contribution in [3.8, 4) is 0 Å². The Kier molecular flexibility index (Phi) is 5.95. The molecule has 0 spiro atoms. The van der Waals surface area contributed by atoms with Crippen molar-refractivity contribution >= 4 is 38.4 Å². The second-order valence-corrected chi connectivity index (χ2v) is 8.67. The van der Waals surface area contributed by atoms with Crippen LogP contribution in [0.15, 0.2) is 34.0 Å². The lowest BCUT2D eigenvalue weighted by atomic mass is 10.1. The Hall–Kier alpha value is -3.51. The number of hydrogen-bond acceptors (Lipinski definition) is 6. The van der Waals surface area contributed by atoms with Gasteiger partial charge in [-0.25, -0.2) is 8.42 Å². The zero-order valence-corrected chi connectivity index (χ0v) is 18.0. The smallest absolute Gasteiger partial charge is 0.271 e. The van der Waals surface area contributed by atoms with E-state index < -0.39 is 27.4 Å². The molecule has 11 nitrogen and oxygen atoms in total. The number of pyridine rings is 1. The SMILES string of the molecule is CCN(CC)S(=O)(=O)c1ccc2[nH]c(=O)cc(C(=O)Nc3c(C(N)=O)n[nH]c3C)c2c1. The van der Waals surface area contributed by atoms with E-state index in [0.717, 1.165) is 6.07 Å². The number of aromatic amines is 2. The molecule has 5 N–H and O–H groups in total. The minimum atomic E-state index is -3.79. The first-order valence-corrected chi connectivity index (χ1v) is 10.9. The topological polar surface area (TPSA) is 171 Å². The molecule has 3 aromatic rings. The predicted octanol–water partition coefficient (Wildman–Crippen LogP) is 0.941. The van der Waals surface area contributed by atoms with Crippen LogP contribution < -0.4 is 16.6 Å². The lowest BCUT2D eigenvalue weighted by Gasteiger charge is -2.19. The molecular weight excluding hydrogens is 424 g/mol. The summed E-state index contributed by atoms with van der Waals surface area (Å²) in [5, 5.41) is 9.08. The normalized spacial score (nSPS) is 11.7. The van der Waals surface area contributed by atoms with Crippen LogP contribution in [0.3, 0.4) is 0 Å². The number of rotatable bonds is 7. The number of primary amides is 1. The summed E-state index contributed by atoms with van der Waals surface area (Å²) in [5.41, 5.74) is 5.27. The number of nitrogens with zero attached hydrogens (tertiary/aromatic N) is 2. The molecule has 2 amide bonds. The number of aryl methyl sites for hydroxylation is 1. The fourth-order valence-corrected chi connectivity index (χ4v) is 4.72. The van der Waals surface area contributed by atoms with E-state index in [2.05, 4.69) is 20.5 Å². The average molecular weight is 446 g/mol. The number of carbonyl (C=O) groups is 2. The van der Waals surface area contributed by atoms with Gasteiger partial charge < -0.3 is 16.0 Å². The van der Waals surface area contributed by atoms with Crippen molar-refractivity contribution in [3.05, 3.63) is 51.6 Å². The Balaban J connectivity index is 2.14. The van der Waals surface area contributed by atoms with Gasteiger partial charge in [0.1, 0.15) is 0 Å². The number of anilines is 1. The number of nitrogens with two attached hydrogens (primary N) is 1. The van der Waals surface area contributed by atoms with Crippen LogP contribution >= 0.6 is 0 Å². The molecule has 0 bridgehead atoms. The van der Waals surface area contributed by atoms with Gasteiger partial charge in [0.25, 0.3) is 11.8 Å². The number of aromatic nitrogens is 3. The number of fused-ring (bicyclic) bond motifs is 1. The van der Waals surface area contributed by atoms with Gasteiger partial charge >= 0.3 is 0 Å². The summed E-state index contributed by atoms with van der Waals surface area (Å²) >= 11 is 0. The molecule has 0 fully saturated rings. The van der Waals surface area contributed by atoms with Crippen molar-refractivity contribution in [2.24, 2.45) is 5.73 Å². The van der Waals surface area contributed by atoms with E-state index in [1.165, 1.54) is 22.5 Å². The molecule has 0 aliphatic rings. The van der Waals surface area contributed by atoms with E-state index in [-0.39, 0.29) is 45.8 Å². The van der Waals surface area contributed by atoms with Gasteiger partial charge in [-0.15, -0.1) is 0 Å². The number of sulfonamides is 1. The average Bonchev–Trinajstić information content (AvgIpc) is 3.08. The fraction of sp³-hybridized carbons (Fsp3) is 0.263. The molecule has 0 aliphatic carbocycles. The molecule has 0 radical (unpaired) electrons. The van der Waals surface area contributed by atoms with Gasteiger partial charge in [-0.05, 0) is 25.1 Å². The third-order valence-corrected chi connectivity index (χ3v) is 6.87. The van der Waals surface area contributed by atoms with Crippen molar-refractivity contribution in [2.75, 3.05) is 18.4 Å². The maximum atomic E-state index is 13.0. The number of hydrogen-bond donors (Lipinski definition) is 4. The minimum absolute atomic E-state index is 0.0119. The first-order valence-electron chi connectivity index (χ1n) is 9.43. The summed E-state index contributed by atoms with van der Waals surface area (Å²) < 4.78 is 27.1. The highest BCUT2D eigenvalue weighted by molar-refractivity contribution is 7.89. The van der Waals surface area contributed by atoms with Crippen molar-refractivity contribution in [1.29, 1.82) is 0 Å². The standard InChI is InChI=1S/C19H22N6O5S/c1-4-25(5-2)31(29,30)11-6-7-14-12(8-11)13(9-15(26)21-14)19(28)22-16-10(3)23-24-17(16)18(20)27/h6-9H,4-5H2,1-3H3,(H2,20,27)(H,21,26)(H,22,28)(H,23,24). The Labute approximate surface area is 177 Å². The van der Waals surface area contributed by atoms with E-state index >= 15 is 0 Å². The Morgan fingerprint density at radius 2 is 1.87 bits per heavy atom. The first-order chi connectivity index (χ1) is 14.6. The van der Waals surface area contributed by atoms with Gasteiger partial charge in [-0.3, -0.25) is 19.5 Å². The van der Waals surface area contributed by atoms with E-state index in [1.54, 1.807) is 20.8 Å². The number of nitrogens with one attached hydrogen (secondary N) is 3. The molecule has 1 aromatic carbocycles. The number of H-pyrrole nitrogens is 2. The highest BCUT2D eigenvalue weighted by atomic mass is 32.2. The summed E-state index contributed by atoms with van der Waals surface area (Å²) in [6.07, 6.45) is 0. The van der Waals surface area contributed by atoms with Crippen LogP contribution in [0.1, 0.15) is 40.4 Å². The summed E-state index contributed by atoms with van der Waals surface area (Å²) in [6.45, 7) is 5.60. The van der Waals surface area contributed by atoms with E-state index in [9.17, 15) is 22.8 Å². The molecule has 2 aromatic heterocycles. The molecule has 2 heterocycles. The lowest BCUT2D eigenvalue weighted by molar-refractivity contribution is 0.0996. The number of amides is 2. The molecular formula is C19H22N6O5S. The summed E-state index contributed by atoms with van der Waals surface area (Å²) in [5.74, 6) is -1.57. The molecule has 0 unspecified atom stereocenters. The van der Waals surface area contributed by atoms with Gasteiger partial charge in [-0.2, -0.15) is 9.40 Å². The van der Waals surface area contributed by atoms with Crippen LogP contribution in [0.4, 0.5) is 5.69 Å². The van der Waals surface area contributed by atoms with Crippen molar-refractivity contribution < 1.29 is 18.0 Å². The predicted molar refractivity (Wildman–Crippen MR) is 114 cm³/mol. The third-order valence-electron chi connectivity index (χ3n) is 4.82. The highest BCUT2D eigenvalue weighted by Gasteiger charge is 2.24. The van der Waals surface area contributed by atoms with Crippen LogP contribution in [0.25, 0.3) is 10.9 Å². The number of benzene rings is 1. The lowest BCUT2D eigenvalue weighted by Crippen LogP contribution is -2.30. The van der Waals surface area contributed by atoms with Gasteiger partial charge in [0.15, 0.2) is 5.69 Å². The number of carbonyl (C=O) groups excluding carboxylic acids is 2. The maximum Gasteiger partial charge on any atom is 0.271 e. The fourth-order valence-electron chi connectivity index (χ4n) is 3.24. The van der Waals surface area contributed by atoms with Crippen LogP contribution in [0.2, 0.25) is 0 Å².